The number of aryl methyl sites for hydroxylation is 1. The lowest BCUT2D eigenvalue weighted by molar-refractivity contribution is 0.628. The number of nitrogens with zero attached hydrogens (tertiary/aromatic N) is 2. The van der Waals surface area contributed by atoms with Gasteiger partial charge in [-0.3, -0.25) is 0 Å². The molecule has 0 spiro atoms. The Morgan fingerprint density at radius 3 is 2.63 bits per heavy atom. The van der Waals surface area contributed by atoms with Crippen molar-refractivity contribution in [1.29, 1.82) is 0 Å². The van der Waals surface area contributed by atoms with Gasteiger partial charge >= 0.3 is 0 Å². The zero-order chi connectivity index (χ0) is 13.7. The molecule has 0 amide bonds. The van der Waals surface area contributed by atoms with Crippen LogP contribution in [0.1, 0.15) is 12.1 Å². The Balaban J connectivity index is 2.16. The normalized spacial score (nSPS) is 10.5. The molecule has 2 rings (SSSR count). The fraction of sp³-hybridized carbons (Fsp3) is 0.286. The minimum Gasteiger partial charge on any atom is -0.382 e. The van der Waals surface area contributed by atoms with Crippen molar-refractivity contribution in [3.05, 3.63) is 42.0 Å². The van der Waals surface area contributed by atoms with Crippen LogP contribution in [0.15, 0.2) is 30.5 Å². The molecule has 1 aromatic heterocycles. The predicted molar refractivity (Wildman–Crippen MR) is 74.3 cm³/mol. The number of anilines is 1. The second-order valence-corrected chi connectivity index (χ2v) is 4.27. The summed E-state index contributed by atoms with van der Waals surface area (Å²) in [7, 11) is 0. The number of rotatable bonds is 5. The summed E-state index contributed by atoms with van der Waals surface area (Å²) in [6.07, 6.45) is 2.65. The second kappa shape index (κ2) is 6.24. The fourth-order valence-electron chi connectivity index (χ4n) is 1.70. The van der Waals surface area contributed by atoms with Gasteiger partial charge in [0.2, 0.25) is 0 Å². The van der Waals surface area contributed by atoms with E-state index in [9.17, 15) is 4.39 Å². The highest BCUT2D eigenvalue weighted by Gasteiger charge is 2.05. The third-order valence-electron chi connectivity index (χ3n) is 2.78. The van der Waals surface area contributed by atoms with E-state index in [-0.39, 0.29) is 5.82 Å². The average molecular weight is 260 g/mol. The lowest BCUT2D eigenvalue weighted by Crippen LogP contribution is -2.10. The molecule has 0 unspecified atom stereocenters. The average Bonchev–Trinajstić information content (AvgIpc) is 2.42. The van der Waals surface area contributed by atoms with Gasteiger partial charge in [-0.1, -0.05) is 0 Å². The molecule has 0 atom stereocenters. The van der Waals surface area contributed by atoms with Crippen LogP contribution in [0.25, 0.3) is 11.4 Å². The highest BCUT2D eigenvalue weighted by molar-refractivity contribution is 5.57. The van der Waals surface area contributed by atoms with Crippen LogP contribution in [0.5, 0.6) is 0 Å². The van der Waals surface area contributed by atoms with Gasteiger partial charge in [-0.05, 0) is 44.2 Å². The minimum absolute atomic E-state index is 0.263. The fourth-order valence-corrected chi connectivity index (χ4v) is 1.70. The first-order valence-electron chi connectivity index (χ1n) is 6.24. The highest BCUT2D eigenvalue weighted by atomic mass is 19.1. The highest BCUT2D eigenvalue weighted by Crippen LogP contribution is 2.18. The molecule has 0 saturated carbocycles. The number of hydrogen-bond acceptors (Lipinski definition) is 4. The van der Waals surface area contributed by atoms with E-state index in [1.54, 1.807) is 18.3 Å². The summed E-state index contributed by atoms with van der Waals surface area (Å²) in [5.41, 5.74) is 8.01. The van der Waals surface area contributed by atoms with E-state index in [2.05, 4.69) is 15.3 Å². The van der Waals surface area contributed by atoms with Crippen LogP contribution < -0.4 is 11.1 Å². The molecule has 0 fully saturated rings. The van der Waals surface area contributed by atoms with Crippen LogP contribution in [0.2, 0.25) is 0 Å². The summed E-state index contributed by atoms with van der Waals surface area (Å²) in [4.78, 5) is 8.72. The van der Waals surface area contributed by atoms with Crippen LogP contribution in [0.3, 0.4) is 0 Å². The molecule has 0 saturated heterocycles. The van der Waals surface area contributed by atoms with Crippen molar-refractivity contribution in [2.75, 3.05) is 18.4 Å². The molecule has 1 heterocycles. The largest absolute Gasteiger partial charge is 0.382 e. The van der Waals surface area contributed by atoms with E-state index < -0.39 is 0 Å². The SMILES string of the molecule is Cc1nc(-c2ccc(F)cc2)ncc1NCCCN. The van der Waals surface area contributed by atoms with Crippen molar-refractivity contribution in [1.82, 2.24) is 9.97 Å². The molecule has 4 nitrogen and oxygen atoms in total. The molecule has 0 aliphatic carbocycles. The molecule has 3 N–H and O–H groups in total. The number of halogens is 1. The molecular weight excluding hydrogens is 243 g/mol. The number of hydrogen-bond donors (Lipinski definition) is 2. The topological polar surface area (TPSA) is 63.8 Å². The minimum atomic E-state index is -0.263. The van der Waals surface area contributed by atoms with E-state index >= 15 is 0 Å². The maximum atomic E-state index is 12.9. The number of benzene rings is 1. The first-order valence-corrected chi connectivity index (χ1v) is 6.24. The quantitative estimate of drug-likeness (QED) is 0.810. The van der Waals surface area contributed by atoms with Crippen molar-refractivity contribution in [3.63, 3.8) is 0 Å². The van der Waals surface area contributed by atoms with Gasteiger partial charge in [0.25, 0.3) is 0 Å². The summed E-state index contributed by atoms with van der Waals surface area (Å²) in [5, 5.41) is 3.24. The van der Waals surface area contributed by atoms with Gasteiger partial charge in [0.1, 0.15) is 5.82 Å². The van der Waals surface area contributed by atoms with Gasteiger partial charge in [-0.25, -0.2) is 14.4 Å². The smallest absolute Gasteiger partial charge is 0.159 e. The molecular formula is C14H17FN4. The van der Waals surface area contributed by atoms with Gasteiger partial charge in [0.15, 0.2) is 5.82 Å². The van der Waals surface area contributed by atoms with Crippen molar-refractivity contribution in [2.24, 2.45) is 5.73 Å². The Morgan fingerprint density at radius 1 is 1.26 bits per heavy atom. The maximum absolute atomic E-state index is 12.9. The Kier molecular flexibility index (Phi) is 4.41. The van der Waals surface area contributed by atoms with E-state index in [0.717, 1.165) is 29.9 Å². The summed E-state index contributed by atoms with van der Waals surface area (Å²) >= 11 is 0. The third kappa shape index (κ3) is 3.48. The van der Waals surface area contributed by atoms with Gasteiger partial charge in [-0.15, -0.1) is 0 Å². The van der Waals surface area contributed by atoms with Crippen molar-refractivity contribution in [3.8, 4) is 11.4 Å². The Hall–Kier alpha value is -2.01. The zero-order valence-corrected chi connectivity index (χ0v) is 10.9. The Bertz CT molecular complexity index is 540. The van der Waals surface area contributed by atoms with Crippen LogP contribution >= 0.6 is 0 Å². The summed E-state index contributed by atoms with van der Waals surface area (Å²) < 4.78 is 12.9. The standard InChI is InChI=1S/C14H17FN4/c1-10-13(17-8-2-7-16)9-18-14(19-10)11-3-5-12(15)6-4-11/h3-6,9,17H,2,7-8,16H2,1H3. The first-order chi connectivity index (χ1) is 9.20. The maximum Gasteiger partial charge on any atom is 0.159 e. The summed E-state index contributed by atoms with van der Waals surface area (Å²) in [6.45, 7) is 3.37. The van der Waals surface area contributed by atoms with E-state index in [0.29, 0.717) is 12.4 Å². The van der Waals surface area contributed by atoms with Crippen LogP contribution in [0, 0.1) is 12.7 Å². The molecule has 0 bridgehead atoms. The summed E-state index contributed by atoms with van der Waals surface area (Å²) in [6, 6.07) is 6.15. The van der Waals surface area contributed by atoms with Gasteiger partial charge < -0.3 is 11.1 Å². The molecule has 0 aliphatic rings. The Labute approximate surface area is 111 Å². The van der Waals surface area contributed by atoms with Gasteiger partial charge in [-0.2, -0.15) is 0 Å². The lowest BCUT2D eigenvalue weighted by atomic mass is 10.2. The van der Waals surface area contributed by atoms with Crippen molar-refractivity contribution >= 4 is 5.69 Å². The number of aromatic nitrogens is 2. The van der Waals surface area contributed by atoms with Crippen LogP contribution in [0.4, 0.5) is 10.1 Å². The van der Waals surface area contributed by atoms with Gasteiger partial charge in [0.05, 0.1) is 17.6 Å². The lowest BCUT2D eigenvalue weighted by Gasteiger charge is -2.09. The molecule has 19 heavy (non-hydrogen) atoms. The van der Waals surface area contributed by atoms with E-state index in [1.807, 2.05) is 6.92 Å². The third-order valence-corrected chi connectivity index (χ3v) is 2.78. The van der Waals surface area contributed by atoms with E-state index in [1.165, 1.54) is 12.1 Å². The van der Waals surface area contributed by atoms with Crippen molar-refractivity contribution < 1.29 is 4.39 Å². The predicted octanol–water partition coefficient (Wildman–Crippen LogP) is 2.35. The molecule has 0 radical (unpaired) electrons. The summed E-state index contributed by atoms with van der Waals surface area (Å²) in [5.74, 6) is 0.336. The molecule has 1 aromatic carbocycles. The van der Waals surface area contributed by atoms with Gasteiger partial charge in [0, 0.05) is 12.1 Å². The molecule has 2 aromatic rings. The number of nitrogens with two attached hydrogens (primary N) is 1. The van der Waals surface area contributed by atoms with E-state index in [4.69, 9.17) is 5.73 Å². The van der Waals surface area contributed by atoms with Crippen LogP contribution in [-0.4, -0.2) is 23.1 Å². The Morgan fingerprint density at radius 2 is 2.00 bits per heavy atom. The molecule has 100 valence electrons. The second-order valence-electron chi connectivity index (χ2n) is 4.27. The zero-order valence-electron chi connectivity index (χ0n) is 10.9. The first kappa shape index (κ1) is 13.4. The monoisotopic (exact) mass is 260 g/mol. The molecule has 0 aliphatic heterocycles. The number of nitrogens with one attached hydrogen (secondary N) is 1. The van der Waals surface area contributed by atoms with Crippen molar-refractivity contribution in [2.45, 2.75) is 13.3 Å². The van der Waals surface area contributed by atoms with Crippen LogP contribution in [-0.2, 0) is 0 Å². The molecule has 5 heteroatoms.